The molecule has 2 aromatic rings. The minimum Gasteiger partial charge on any atom is -0.741 e. The minimum atomic E-state index is -6.09. The predicted molar refractivity (Wildman–Crippen MR) is 85.2 cm³/mol. The van der Waals surface area contributed by atoms with Crippen molar-refractivity contribution in [3.05, 3.63) is 54.6 Å². The van der Waals surface area contributed by atoms with Gasteiger partial charge in [0, 0.05) is 0 Å². The third-order valence-corrected chi connectivity index (χ3v) is 5.30. The summed E-state index contributed by atoms with van der Waals surface area (Å²) in [5.74, 6) is -0.174. The fraction of sp³-hybridized carbons (Fsp3) is 0.200. The molecule has 0 heterocycles. The van der Waals surface area contributed by atoms with Gasteiger partial charge in [0.15, 0.2) is 30.8 Å². The van der Waals surface area contributed by atoms with E-state index in [0.29, 0.717) is 0 Å². The van der Waals surface area contributed by atoms with Crippen molar-refractivity contribution in [1.82, 2.24) is 0 Å². The Kier molecular flexibility index (Phi) is 8.29. The molecule has 29 heavy (non-hydrogen) atoms. The van der Waals surface area contributed by atoms with Gasteiger partial charge in [0.1, 0.15) is 5.75 Å². The van der Waals surface area contributed by atoms with Crippen molar-refractivity contribution in [2.24, 2.45) is 0 Å². The molecule has 0 spiro atoms. The number of rotatable bonds is 4. The Morgan fingerprint density at radius 1 is 0.828 bits per heavy atom. The van der Waals surface area contributed by atoms with Crippen molar-refractivity contribution in [2.75, 3.05) is 0 Å². The predicted octanol–water partition coefficient (Wildman–Crippen LogP) is 4.90. The summed E-state index contributed by atoms with van der Waals surface area (Å²) < 4.78 is 127. The number of benzene rings is 2. The van der Waals surface area contributed by atoms with Gasteiger partial charge in [-0.25, -0.2) is 8.42 Å². The van der Waals surface area contributed by atoms with E-state index in [4.69, 9.17) is 13.0 Å². The van der Waals surface area contributed by atoms with Crippen molar-refractivity contribution in [3.8, 4) is 5.75 Å². The number of hydrogen-bond donors (Lipinski definition) is 0. The third kappa shape index (κ3) is 8.06. The van der Waals surface area contributed by atoms with E-state index in [0.717, 1.165) is 24.3 Å². The maximum atomic E-state index is 13.3. The number of halogens is 8. The van der Waals surface area contributed by atoms with Crippen LogP contribution in [0.3, 0.4) is 0 Å². The van der Waals surface area contributed by atoms with Gasteiger partial charge in [-0.1, -0.05) is 18.2 Å². The number of alkyl halides is 8. The second-order valence-corrected chi connectivity index (χ2v) is 8.20. The smallest absolute Gasteiger partial charge is 0.586 e. The lowest BCUT2D eigenvalue weighted by Gasteiger charge is -2.10. The van der Waals surface area contributed by atoms with E-state index in [9.17, 15) is 35.1 Å². The molecular formula is C15H10F8O4S2. The monoisotopic (exact) mass is 470 g/mol. The lowest BCUT2D eigenvalue weighted by Crippen LogP contribution is -2.24. The zero-order valence-corrected chi connectivity index (χ0v) is 15.4. The highest BCUT2D eigenvalue weighted by Gasteiger charge is 2.54. The van der Waals surface area contributed by atoms with E-state index in [1.165, 1.54) is 24.3 Å². The second kappa shape index (κ2) is 9.63. The van der Waals surface area contributed by atoms with Gasteiger partial charge >= 0.3 is 17.6 Å². The number of ether oxygens (including phenoxy) is 1. The summed E-state index contributed by atoms with van der Waals surface area (Å²) in [7, 11) is -8.22. The van der Waals surface area contributed by atoms with Crippen LogP contribution >= 0.6 is 0 Å². The van der Waals surface area contributed by atoms with Crippen molar-refractivity contribution in [3.63, 3.8) is 0 Å². The van der Waals surface area contributed by atoms with Crippen LogP contribution in [-0.2, 0) is 21.0 Å². The molecule has 0 bridgehead atoms. The van der Waals surface area contributed by atoms with Crippen LogP contribution in [0.25, 0.3) is 0 Å². The zero-order valence-electron chi connectivity index (χ0n) is 13.7. The van der Waals surface area contributed by atoms with E-state index < -0.39 is 38.6 Å². The van der Waals surface area contributed by atoms with Crippen LogP contribution in [0.4, 0.5) is 35.1 Å². The van der Waals surface area contributed by atoms with E-state index in [1.54, 1.807) is 6.07 Å². The molecule has 162 valence electrons. The van der Waals surface area contributed by atoms with Crippen molar-refractivity contribution in [1.29, 1.82) is 0 Å². The molecule has 0 saturated carbocycles. The third-order valence-electron chi connectivity index (χ3n) is 2.78. The van der Waals surface area contributed by atoms with Gasteiger partial charge in [-0.15, -0.1) is 13.2 Å². The molecule has 0 N–H and O–H groups in total. The van der Waals surface area contributed by atoms with Crippen LogP contribution in [0.15, 0.2) is 64.4 Å². The van der Waals surface area contributed by atoms with E-state index in [2.05, 4.69) is 4.74 Å². The Morgan fingerprint density at radius 2 is 1.24 bits per heavy atom. The Morgan fingerprint density at radius 3 is 1.59 bits per heavy atom. The molecule has 0 fully saturated rings. The fourth-order valence-electron chi connectivity index (χ4n) is 1.72. The molecule has 14 heteroatoms. The van der Waals surface area contributed by atoms with Crippen LogP contribution in [0.1, 0.15) is 0 Å². The van der Waals surface area contributed by atoms with Crippen LogP contribution in [0, 0.1) is 0 Å². The quantitative estimate of drug-likeness (QED) is 0.276. The average Bonchev–Trinajstić information content (AvgIpc) is 2.55. The van der Waals surface area contributed by atoms with Gasteiger partial charge in [-0.05, 0) is 36.4 Å². The summed E-state index contributed by atoms with van der Waals surface area (Å²) in [5.41, 5.74) is -10.1. The molecule has 0 aliphatic heterocycles. The van der Waals surface area contributed by atoms with Gasteiger partial charge in [0.05, 0.1) is 0 Å². The standard InChI is InChI=1S/C14H10F5OS.CHF3O3S/c15-13(16)20-10-6-8-12(9-7-10)21(14(17,18)19)11-4-2-1-3-5-11;2-1(3,4)8(5,6)7/h1-9,13H;(H,5,6,7)/q+1;/p-1. The molecule has 0 aromatic heterocycles. The molecule has 0 saturated heterocycles. The fourth-order valence-corrected chi connectivity index (χ4v) is 3.36. The SMILES string of the molecule is FC(F)Oc1ccc([S+](c2ccccc2)C(F)(F)F)cc1.O=S(=O)([O-])C(F)(F)F. The topological polar surface area (TPSA) is 66.4 Å². The summed E-state index contributed by atoms with van der Waals surface area (Å²) in [5, 5.41) is 0. The first kappa shape index (κ1) is 25.0. The van der Waals surface area contributed by atoms with Gasteiger partial charge in [0.25, 0.3) is 0 Å². The Balaban J connectivity index is 0.000000447. The summed E-state index contributed by atoms with van der Waals surface area (Å²) in [6, 6.07) is 12.0. The Hall–Kier alpha value is -2.06. The first-order chi connectivity index (χ1) is 13.1. The van der Waals surface area contributed by atoms with Gasteiger partial charge < -0.3 is 9.29 Å². The zero-order chi connectivity index (χ0) is 22.5. The number of hydrogen-bond acceptors (Lipinski definition) is 4. The Labute approximate surface area is 162 Å². The summed E-state index contributed by atoms with van der Waals surface area (Å²) in [4.78, 5) is 0.114. The van der Waals surface area contributed by atoms with Gasteiger partial charge in [-0.3, -0.25) is 0 Å². The van der Waals surface area contributed by atoms with Crippen molar-refractivity contribution in [2.45, 2.75) is 27.4 Å². The highest BCUT2D eigenvalue weighted by Crippen LogP contribution is 2.38. The first-order valence-corrected chi connectivity index (χ1v) is 9.69. The molecule has 0 amide bonds. The maximum Gasteiger partial charge on any atom is 0.586 e. The molecular weight excluding hydrogens is 460 g/mol. The molecule has 0 radical (unpaired) electrons. The van der Waals surface area contributed by atoms with E-state index in [1.807, 2.05) is 0 Å². The first-order valence-electron chi connectivity index (χ1n) is 7.06. The van der Waals surface area contributed by atoms with E-state index >= 15 is 0 Å². The van der Waals surface area contributed by atoms with Gasteiger partial charge in [-0.2, -0.15) is 22.0 Å². The van der Waals surface area contributed by atoms with Crippen molar-refractivity contribution < 1.29 is 52.8 Å². The molecule has 0 aliphatic carbocycles. The maximum absolute atomic E-state index is 13.3. The van der Waals surface area contributed by atoms with Gasteiger partial charge in [0.2, 0.25) is 0 Å². The average molecular weight is 470 g/mol. The molecule has 2 rings (SSSR count). The highest BCUT2D eigenvalue weighted by molar-refractivity contribution is 7.97. The minimum absolute atomic E-state index is 0.00434. The highest BCUT2D eigenvalue weighted by atomic mass is 32.2. The molecule has 0 aliphatic rings. The lowest BCUT2D eigenvalue weighted by molar-refractivity contribution is -0.0519. The van der Waals surface area contributed by atoms with Crippen LogP contribution in [0.5, 0.6) is 5.75 Å². The lowest BCUT2D eigenvalue weighted by atomic mass is 10.3. The van der Waals surface area contributed by atoms with Crippen LogP contribution in [0.2, 0.25) is 0 Å². The molecule has 2 aromatic carbocycles. The summed E-state index contributed by atoms with van der Waals surface area (Å²) in [6.45, 7) is -3.01. The summed E-state index contributed by atoms with van der Waals surface area (Å²) >= 11 is 0. The van der Waals surface area contributed by atoms with Crippen LogP contribution in [-0.4, -0.2) is 30.6 Å². The van der Waals surface area contributed by atoms with E-state index in [-0.39, 0.29) is 15.5 Å². The van der Waals surface area contributed by atoms with Crippen molar-refractivity contribution >= 4 is 21.0 Å². The molecule has 1 atom stereocenters. The summed E-state index contributed by atoms with van der Waals surface area (Å²) in [6.07, 6.45) is 0. The normalized spacial score (nSPS) is 13.4. The molecule has 1 unspecified atom stereocenters. The second-order valence-electron chi connectivity index (χ2n) is 4.81. The largest absolute Gasteiger partial charge is 0.741 e. The molecule has 4 nitrogen and oxygen atoms in total. The van der Waals surface area contributed by atoms with Crippen LogP contribution < -0.4 is 4.74 Å². The Bertz CT molecular complexity index is 866.